The molecule has 0 radical (unpaired) electrons. The molecule has 0 unspecified atom stereocenters. The van der Waals surface area contributed by atoms with Gasteiger partial charge in [-0.15, -0.1) is 0 Å². The zero-order chi connectivity index (χ0) is 21.0. The number of fused-ring (bicyclic) bond motifs is 1. The van der Waals surface area contributed by atoms with E-state index in [9.17, 15) is 13.2 Å². The van der Waals surface area contributed by atoms with Gasteiger partial charge in [-0.1, -0.05) is 6.07 Å². The lowest BCUT2D eigenvalue weighted by Crippen LogP contribution is -2.25. The van der Waals surface area contributed by atoms with Gasteiger partial charge in [0.2, 0.25) is 5.91 Å². The molecule has 0 spiro atoms. The molecule has 11 heteroatoms. The number of aromatic nitrogens is 4. The molecule has 0 saturated carbocycles. The Kier molecular flexibility index (Phi) is 5.61. The molecule has 10 nitrogen and oxygen atoms in total. The first-order chi connectivity index (χ1) is 14.5. The summed E-state index contributed by atoms with van der Waals surface area (Å²) in [4.78, 5) is 20.3. The highest BCUT2D eigenvalue weighted by atomic mass is 32.2. The Morgan fingerprint density at radius 2 is 1.97 bits per heavy atom. The molecule has 1 aromatic carbocycles. The summed E-state index contributed by atoms with van der Waals surface area (Å²) in [5, 5.41) is 6.69. The van der Waals surface area contributed by atoms with Crippen LogP contribution < -0.4 is 14.8 Å². The van der Waals surface area contributed by atoms with E-state index < -0.39 is 9.84 Å². The fourth-order valence-electron chi connectivity index (χ4n) is 2.83. The van der Waals surface area contributed by atoms with Gasteiger partial charge in [0, 0.05) is 25.2 Å². The van der Waals surface area contributed by atoms with Crippen LogP contribution in [0.1, 0.15) is 12.0 Å². The molecular formula is C19H19N5O5S. The monoisotopic (exact) mass is 429 g/mol. The number of sulfone groups is 1. The summed E-state index contributed by atoms with van der Waals surface area (Å²) in [5.41, 5.74) is 0.780. The fraction of sp³-hybridized carbons (Fsp3) is 0.263. The van der Waals surface area contributed by atoms with Crippen LogP contribution in [0.3, 0.4) is 0 Å². The van der Waals surface area contributed by atoms with Gasteiger partial charge in [-0.05, 0) is 23.8 Å². The van der Waals surface area contributed by atoms with Crippen molar-refractivity contribution in [2.45, 2.75) is 17.9 Å². The van der Waals surface area contributed by atoms with Crippen LogP contribution in [0.15, 0.2) is 54.1 Å². The smallest absolute Gasteiger partial charge is 0.221 e. The summed E-state index contributed by atoms with van der Waals surface area (Å²) < 4.78 is 37.4. The van der Waals surface area contributed by atoms with E-state index in [2.05, 4.69) is 20.4 Å². The second kappa shape index (κ2) is 8.49. The average molecular weight is 429 g/mol. The zero-order valence-corrected chi connectivity index (χ0v) is 16.7. The topological polar surface area (TPSA) is 125 Å². The highest BCUT2D eigenvalue weighted by molar-refractivity contribution is 7.91. The van der Waals surface area contributed by atoms with Crippen LogP contribution in [-0.2, 0) is 21.2 Å². The van der Waals surface area contributed by atoms with E-state index in [-0.39, 0.29) is 29.5 Å². The van der Waals surface area contributed by atoms with Gasteiger partial charge in [0.1, 0.15) is 25.9 Å². The summed E-state index contributed by atoms with van der Waals surface area (Å²) in [6.45, 7) is 1.04. The molecule has 0 saturated heterocycles. The van der Waals surface area contributed by atoms with Crippen LogP contribution in [-0.4, -0.2) is 53.0 Å². The van der Waals surface area contributed by atoms with Crippen LogP contribution in [0.2, 0.25) is 0 Å². The van der Waals surface area contributed by atoms with Crippen LogP contribution in [0.4, 0.5) is 0 Å². The van der Waals surface area contributed by atoms with E-state index in [0.717, 1.165) is 5.56 Å². The van der Waals surface area contributed by atoms with Gasteiger partial charge in [-0.2, -0.15) is 5.10 Å². The van der Waals surface area contributed by atoms with Crippen LogP contribution in [0.5, 0.6) is 11.5 Å². The molecule has 1 amide bonds. The lowest BCUT2D eigenvalue weighted by Gasteiger charge is -2.18. The van der Waals surface area contributed by atoms with Gasteiger partial charge in [0.25, 0.3) is 0 Å². The van der Waals surface area contributed by atoms with Crippen molar-refractivity contribution in [3.63, 3.8) is 0 Å². The zero-order valence-electron chi connectivity index (χ0n) is 15.9. The first-order valence-corrected chi connectivity index (χ1v) is 10.9. The van der Waals surface area contributed by atoms with Crippen LogP contribution in [0, 0.1) is 0 Å². The van der Waals surface area contributed by atoms with Crippen molar-refractivity contribution in [3.8, 4) is 17.3 Å². The van der Waals surface area contributed by atoms with Crippen molar-refractivity contribution < 1.29 is 22.7 Å². The number of carbonyl (C=O) groups excluding carboxylic acids is 1. The molecule has 1 aliphatic rings. The number of ether oxygens (including phenoxy) is 2. The third kappa shape index (κ3) is 4.57. The number of pyridine rings is 1. The Hall–Kier alpha value is -3.47. The van der Waals surface area contributed by atoms with Crippen molar-refractivity contribution in [2.24, 2.45) is 0 Å². The molecule has 3 aromatic rings. The summed E-state index contributed by atoms with van der Waals surface area (Å²) in [6, 6.07) is 8.02. The molecule has 3 heterocycles. The number of rotatable bonds is 7. The minimum absolute atomic E-state index is 0.104. The normalized spacial score (nSPS) is 13.1. The number of benzene rings is 1. The number of hydrogen-bond acceptors (Lipinski definition) is 8. The summed E-state index contributed by atoms with van der Waals surface area (Å²) in [5.74, 6) is 0.849. The van der Waals surface area contributed by atoms with Gasteiger partial charge in [-0.25, -0.2) is 23.1 Å². The third-order valence-corrected chi connectivity index (χ3v) is 6.14. The Balaban J connectivity index is 1.30. The van der Waals surface area contributed by atoms with Gasteiger partial charge < -0.3 is 14.8 Å². The predicted octanol–water partition coefficient (Wildman–Crippen LogP) is 0.914. The van der Waals surface area contributed by atoms with Crippen molar-refractivity contribution in [1.82, 2.24) is 25.1 Å². The lowest BCUT2D eigenvalue weighted by atomic mass is 10.3. The van der Waals surface area contributed by atoms with E-state index in [1.807, 2.05) is 0 Å². The number of carbonyl (C=O) groups is 1. The summed E-state index contributed by atoms with van der Waals surface area (Å²) in [7, 11) is -3.63. The Morgan fingerprint density at radius 3 is 2.70 bits per heavy atom. The minimum Gasteiger partial charge on any atom is -0.486 e. The number of hydrogen-bond donors (Lipinski definition) is 1. The van der Waals surface area contributed by atoms with Crippen molar-refractivity contribution in [1.29, 1.82) is 0 Å². The molecule has 30 heavy (non-hydrogen) atoms. The van der Waals surface area contributed by atoms with E-state index in [4.69, 9.17) is 9.47 Å². The maximum atomic E-state index is 12.5. The Morgan fingerprint density at radius 1 is 1.13 bits per heavy atom. The number of amides is 1. The summed E-state index contributed by atoms with van der Waals surface area (Å²) >= 11 is 0. The maximum absolute atomic E-state index is 12.5. The summed E-state index contributed by atoms with van der Waals surface area (Å²) in [6.07, 6.45) is 4.41. The lowest BCUT2D eigenvalue weighted by molar-refractivity contribution is -0.120. The first kappa shape index (κ1) is 19.8. The number of nitrogens with one attached hydrogen (secondary N) is 1. The maximum Gasteiger partial charge on any atom is 0.221 e. The molecule has 2 aromatic heterocycles. The largest absolute Gasteiger partial charge is 0.486 e. The van der Waals surface area contributed by atoms with Crippen LogP contribution >= 0.6 is 0 Å². The first-order valence-electron chi connectivity index (χ1n) is 9.20. The van der Waals surface area contributed by atoms with Crippen molar-refractivity contribution in [3.05, 3.63) is 54.7 Å². The standard InChI is InChI=1S/C19H19N5O5S/c25-19(22-11-14-1-4-18(21-10-14)24-13-20-12-23-24)5-8-30(26,27)15-2-3-16-17(9-15)29-7-6-28-16/h1-4,9-10,12-13H,5-8,11H2,(H,22,25). The van der Waals surface area contributed by atoms with Crippen LogP contribution in [0.25, 0.3) is 5.82 Å². The molecule has 0 aliphatic carbocycles. The minimum atomic E-state index is -3.63. The average Bonchev–Trinajstić information content (AvgIpc) is 3.31. The van der Waals surface area contributed by atoms with E-state index in [1.54, 1.807) is 24.4 Å². The van der Waals surface area contributed by atoms with Crippen molar-refractivity contribution >= 4 is 15.7 Å². The molecule has 156 valence electrons. The molecule has 4 rings (SSSR count). The Bertz CT molecular complexity index is 1130. The van der Waals surface area contributed by atoms with E-state index >= 15 is 0 Å². The van der Waals surface area contributed by atoms with Gasteiger partial charge in [0.05, 0.1) is 10.6 Å². The second-order valence-corrected chi connectivity index (χ2v) is 8.62. The fourth-order valence-corrected chi connectivity index (χ4v) is 4.09. The highest BCUT2D eigenvalue weighted by Crippen LogP contribution is 2.32. The quantitative estimate of drug-likeness (QED) is 0.588. The molecule has 1 N–H and O–H groups in total. The van der Waals surface area contributed by atoms with Gasteiger partial charge in [0.15, 0.2) is 27.2 Å². The third-order valence-electron chi connectivity index (χ3n) is 4.42. The van der Waals surface area contributed by atoms with Gasteiger partial charge >= 0.3 is 0 Å². The molecule has 0 atom stereocenters. The number of nitrogens with zero attached hydrogens (tertiary/aromatic N) is 4. The van der Waals surface area contributed by atoms with Gasteiger partial charge in [-0.3, -0.25) is 4.79 Å². The Labute approximate surface area is 172 Å². The molecular weight excluding hydrogens is 410 g/mol. The van der Waals surface area contributed by atoms with Crippen molar-refractivity contribution in [2.75, 3.05) is 19.0 Å². The van der Waals surface area contributed by atoms with E-state index in [1.165, 1.54) is 29.5 Å². The predicted molar refractivity (Wildman–Crippen MR) is 105 cm³/mol. The molecule has 0 bridgehead atoms. The molecule has 1 aliphatic heterocycles. The van der Waals surface area contributed by atoms with E-state index in [0.29, 0.717) is 30.5 Å². The highest BCUT2D eigenvalue weighted by Gasteiger charge is 2.20. The second-order valence-electron chi connectivity index (χ2n) is 6.52. The SMILES string of the molecule is O=C(CCS(=O)(=O)c1ccc2c(c1)OCCO2)NCc1ccc(-n2cncn2)nc1. The molecule has 0 fully saturated rings.